The number of hydrogen-bond acceptors (Lipinski definition) is 3. The number of rotatable bonds is 8. The molecule has 0 unspecified atom stereocenters. The average Bonchev–Trinajstić information content (AvgIpc) is 3.91. The molecule has 330 valence electrons. The van der Waals surface area contributed by atoms with E-state index in [-0.39, 0.29) is 32.2 Å². The predicted octanol–water partition coefficient (Wildman–Crippen LogP) is 15.3. The molecule has 0 atom stereocenters. The molecule has 3 heterocycles. The van der Waals surface area contributed by atoms with Gasteiger partial charge in [-0.05, 0) is 76.7 Å². The first-order valence-corrected chi connectivity index (χ1v) is 22.6. The molecule has 0 bridgehead atoms. The molecule has 11 rings (SSSR count). The number of para-hydroxylation sites is 4. The van der Waals surface area contributed by atoms with Crippen LogP contribution in [0.5, 0.6) is 5.75 Å². The molecule has 0 saturated carbocycles. The fraction of sp³-hybridized carbons (Fsp3) is 0.115. The number of aromatic nitrogens is 4. The predicted molar refractivity (Wildman–Crippen MR) is 273 cm³/mol. The molecule has 0 aliphatic rings. The zero-order valence-corrected chi connectivity index (χ0v) is 40.4. The molecule has 1 N–H and O–H groups in total. The number of phenolic OH excluding ortho intramolecular Hbond substituents is 1. The molecular formula is C61H49N4OPt-. The van der Waals surface area contributed by atoms with E-state index in [1.165, 1.54) is 16.5 Å². The summed E-state index contributed by atoms with van der Waals surface area (Å²) in [5.74, 6) is 0.813. The largest absolute Gasteiger partial charge is 0.507 e. The van der Waals surface area contributed by atoms with Crippen LogP contribution in [0.2, 0.25) is 0 Å². The topological polar surface area (TPSA) is 55.9 Å². The number of nitrogens with zero attached hydrogens (tertiary/aromatic N) is 4. The quantitative estimate of drug-likeness (QED) is 0.154. The normalized spacial score (nSPS) is 11.9. The van der Waals surface area contributed by atoms with Crippen molar-refractivity contribution in [3.63, 3.8) is 0 Å². The molecule has 6 heteroatoms. The molecule has 0 aliphatic carbocycles. The summed E-state index contributed by atoms with van der Waals surface area (Å²) < 4.78 is 4.56. The number of phenols is 1. The first kappa shape index (κ1) is 43.6. The molecule has 0 amide bonds. The molecule has 11 aromatic rings. The van der Waals surface area contributed by atoms with E-state index in [1.54, 1.807) is 6.07 Å². The van der Waals surface area contributed by atoms with Crippen LogP contribution in [0.25, 0.3) is 89.1 Å². The maximum Gasteiger partial charge on any atom is 0.148 e. The summed E-state index contributed by atoms with van der Waals surface area (Å²) in [4.78, 5) is 10.8. The third-order valence-electron chi connectivity index (χ3n) is 13.2. The van der Waals surface area contributed by atoms with Gasteiger partial charge in [-0.25, -0.2) is 4.98 Å². The Bertz CT molecular complexity index is 3600. The summed E-state index contributed by atoms with van der Waals surface area (Å²) in [6.45, 7) is 11.3. The minimum Gasteiger partial charge on any atom is -0.507 e. The minimum atomic E-state index is -0.395. The van der Waals surface area contributed by atoms with Gasteiger partial charge in [0.1, 0.15) is 11.6 Å². The van der Waals surface area contributed by atoms with Gasteiger partial charge in [0, 0.05) is 65.9 Å². The Labute approximate surface area is 406 Å². The van der Waals surface area contributed by atoms with Gasteiger partial charge < -0.3 is 9.67 Å². The van der Waals surface area contributed by atoms with Crippen molar-refractivity contribution in [2.24, 2.45) is 0 Å². The fourth-order valence-corrected chi connectivity index (χ4v) is 9.63. The van der Waals surface area contributed by atoms with Gasteiger partial charge in [0.15, 0.2) is 0 Å². The number of pyridine rings is 1. The maximum atomic E-state index is 11.6. The van der Waals surface area contributed by atoms with E-state index in [0.29, 0.717) is 11.4 Å². The van der Waals surface area contributed by atoms with E-state index in [1.807, 2.05) is 24.4 Å². The van der Waals surface area contributed by atoms with Crippen LogP contribution >= 0.6 is 0 Å². The third kappa shape index (κ3) is 7.58. The first-order valence-electron chi connectivity index (χ1n) is 22.6. The van der Waals surface area contributed by atoms with Crippen LogP contribution in [0.3, 0.4) is 0 Å². The maximum absolute atomic E-state index is 11.6. The Morgan fingerprint density at radius 3 is 1.90 bits per heavy atom. The van der Waals surface area contributed by atoms with Crippen molar-refractivity contribution >= 4 is 32.8 Å². The number of aromatic hydroxyl groups is 1. The van der Waals surface area contributed by atoms with E-state index >= 15 is 0 Å². The van der Waals surface area contributed by atoms with Crippen molar-refractivity contribution in [3.8, 4) is 62.0 Å². The van der Waals surface area contributed by atoms with Gasteiger partial charge in [-0.15, -0.1) is 29.3 Å². The van der Waals surface area contributed by atoms with Crippen LogP contribution in [0.4, 0.5) is 0 Å². The van der Waals surface area contributed by atoms with Gasteiger partial charge in [-0.3, -0.25) is 9.55 Å². The number of benzene rings is 8. The van der Waals surface area contributed by atoms with E-state index in [2.05, 4.69) is 220 Å². The van der Waals surface area contributed by atoms with Crippen molar-refractivity contribution in [2.75, 3.05) is 0 Å². The second-order valence-electron chi connectivity index (χ2n) is 18.7. The SMILES string of the molecule is CC(C)(C)c1ccc(-n2c(-c3ccccc3O)nc3c(-c4[c-]c(-c5nccc6c7ccccc7n(-c7ccccc7)c56)cc(C(C)(C)c5ccccc5)c4)cccc32)c(-c2ccccc2)c1.[Pt]. The Morgan fingerprint density at radius 1 is 0.507 bits per heavy atom. The van der Waals surface area contributed by atoms with Gasteiger partial charge in [-0.2, -0.15) is 0 Å². The Hall–Kier alpha value is -7.33. The van der Waals surface area contributed by atoms with Crippen LogP contribution in [0, 0.1) is 6.07 Å². The van der Waals surface area contributed by atoms with Crippen molar-refractivity contribution in [2.45, 2.75) is 45.4 Å². The van der Waals surface area contributed by atoms with Gasteiger partial charge in [0.2, 0.25) is 0 Å². The van der Waals surface area contributed by atoms with Crippen LogP contribution < -0.4 is 0 Å². The number of imidazole rings is 1. The van der Waals surface area contributed by atoms with Crippen molar-refractivity contribution < 1.29 is 26.2 Å². The van der Waals surface area contributed by atoms with E-state index < -0.39 is 5.41 Å². The Morgan fingerprint density at radius 2 is 1.15 bits per heavy atom. The molecule has 67 heavy (non-hydrogen) atoms. The second kappa shape index (κ2) is 17.1. The summed E-state index contributed by atoms with van der Waals surface area (Å²) in [5, 5.41) is 13.8. The second-order valence-corrected chi connectivity index (χ2v) is 18.7. The van der Waals surface area contributed by atoms with E-state index in [4.69, 9.17) is 9.97 Å². The Balaban J connectivity index is 0.00000525. The molecule has 3 aromatic heterocycles. The molecule has 0 fully saturated rings. The summed E-state index contributed by atoms with van der Waals surface area (Å²) >= 11 is 0. The van der Waals surface area contributed by atoms with Crippen molar-refractivity contribution in [1.82, 2.24) is 19.1 Å². The van der Waals surface area contributed by atoms with Crippen molar-refractivity contribution in [3.05, 3.63) is 223 Å². The van der Waals surface area contributed by atoms with E-state index in [0.717, 1.165) is 77.9 Å². The summed E-state index contributed by atoms with van der Waals surface area (Å²) in [5.41, 5.74) is 15.4. The first-order chi connectivity index (χ1) is 32.1. The number of hydrogen-bond donors (Lipinski definition) is 1. The molecule has 0 radical (unpaired) electrons. The summed E-state index contributed by atoms with van der Waals surface area (Å²) in [6, 6.07) is 71.7. The summed E-state index contributed by atoms with van der Waals surface area (Å²) in [7, 11) is 0. The molecule has 0 saturated heterocycles. The minimum absolute atomic E-state index is 0. The summed E-state index contributed by atoms with van der Waals surface area (Å²) in [6.07, 6.45) is 1.93. The standard InChI is InChI=1S/C61H49N4O.Pt/c1-60(2,3)44-32-33-53(51(39-44)40-20-9-6-10-21-40)65-54-30-19-28-47(57(54)63-59(65)50-27-16-18-31-55(50)66)41-36-42(38-45(37-41)61(4,5)43-22-11-7-12-23-43)56-58-49(34-35-62-56)48-26-15-17-29-52(48)64(58)46-24-13-8-14-25-46;/h6-35,37-39,66H,1-5H3;/q-1;. The molecule has 5 nitrogen and oxygen atoms in total. The van der Waals surface area contributed by atoms with Crippen LogP contribution in [-0.2, 0) is 31.9 Å². The fourth-order valence-electron chi connectivity index (χ4n) is 9.63. The Kier molecular flexibility index (Phi) is 11.1. The number of fused-ring (bicyclic) bond motifs is 4. The zero-order valence-electron chi connectivity index (χ0n) is 38.1. The van der Waals surface area contributed by atoms with Gasteiger partial charge in [0.05, 0.1) is 27.8 Å². The molecule has 0 aliphatic heterocycles. The molecule has 0 spiro atoms. The van der Waals surface area contributed by atoms with Gasteiger partial charge >= 0.3 is 0 Å². The van der Waals surface area contributed by atoms with E-state index in [9.17, 15) is 5.11 Å². The van der Waals surface area contributed by atoms with Crippen LogP contribution in [-0.4, -0.2) is 24.2 Å². The monoisotopic (exact) mass is 1050 g/mol. The third-order valence-corrected chi connectivity index (χ3v) is 13.2. The van der Waals surface area contributed by atoms with Crippen molar-refractivity contribution in [1.29, 1.82) is 0 Å². The average molecular weight is 1050 g/mol. The van der Waals surface area contributed by atoms with Gasteiger partial charge in [-0.1, -0.05) is 173 Å². The molecule has 8 aromatic carbocycles. The van der Waals surface area contributed by atoms with Crippen LogP contribution in [0.15, 0.2) is 200 Å². The molecular weight excluding hydrogens is 1000 g/mol. The van der Waals surface area contributed by atoms with Crippen LogP contribution in [0.1, 0.15) is 51.3 Å². The van der Waals surface area contributed by atoms with Gasteiger partial charge in [0.25, 0.3) is 0 Å². The zero-order chi connectivity index (χ0) is 45.2. The smallest absolute Gasteiger partial charge is 0.148 e.